The summed E-state index contributed by atoms with van der Waals surface area (Å²) in [6, 6.07) is 1.81. The second kappa shape index (κ2) is 8.48. The second-order valence-electron chi connectivity index (χ2n) is 6.18. The maximum absolute atomic E-state index is 12.6. The standard InChI is InChI=1S/C16H23N5O3S/c1-24-15(23)13-11-21(9-10-25-13)14(22)12-19-5-7-20(8-6-19)16-17-3-2-4-18-16/h2-4,13H,5-12H2,1H3/p+1/t13-/m1/s1. The van der Waals surface area contributed by atoms with Gasteiger partial charge < -0.3 is 19.4 Å². The van der Waals surface area contributed by atoms with E-state index in [1.807, 2.05) is 6.07 Å². The molecule has 2 saturated heterocycles. The number of carbonyl (C=O) groups is 2. The number of piperazine rings is 1. The SMILES string of the molecule is COC(=O)[C@H]1CN(C(=O)C[NH+]2CCN(c3ncccn3)CC2)CCS1. The Morgan fingerprint density at radius 1 is 1.28 bits per heavy atom. The van der Waals surface area contributed by atoms with Crippen molar-refractivity contribution >= 4 is 29.6 Å². The van der Waals surface area contributed by atoms with Crippen molar-refractivity contribution in [2.45, 2.75) is 5.25 Å². The van der Waals surface area contributed by atoms with E-state index in [4.69, 9.17) is 4.74 Å². The van der Waals surface area contributed by atoms with E-state index in [0.29, 0.717) is 19.6 Å². The molecule has 2 aliphatic rings. The lowest BCUT2D eigenvalue weighted by molar-refractivity contribution is -0.892. The molecule has 1 aromatic heterocycles. The second-order valence-corrected chi connectivity index (χ2v) is 7.50. The first kappa shape index (κ1) is 17.9. The Labute approximate surface area is 151 Å². The molecule has 2 aliphatic heterocycles. The molecule has 1 atom stereocenters. The minimum absolute atomic E-state index is 0.119. The molecule has 0 saturated carbocycles. The summed E-state index contributed by atoms with van der Waals surface area (Å²) in [5.74, 6) is 1.40. The van der Waals surface area contributed by atoms with Crippen LogP contribution in [0, 0.1) is 0 Å². The highest BCUT2D eigenvalue weighted by atomic mass is 32.2. The van der Waals surface area contributed by atoms with Gasteiger partial charge in [0.2, 0.25) is 5.95 Å². The highest BCUT2D eigenvalue weighted by molar-refractivity contribution is 8.00. The van der Waals surface area contributed by atoms with Gasteiger partial charge in [-0.15, -0.1) is 11.8 Å². The van der Waals surface area contributed by atoms with E-state index in [0.717, 1.165) is 37.9 Å². The van der Waals surface area contributed by atoms with Gasteiger partial charge in [-0.2, -0.15) is 0 Å². The molecule has 2 fully saturated rings. The van der Waals surface area contributed by atoms with Crippen molar-refractivity contribution in [2.75, 3.05) is 63.6 Å². The number of ether oxygens (including phenoxy) is 1. The average molecular weight is 366 g/mol. The lowest BCUT2D eigenvalue weighted by Crippen LogP contribution is -3.16. The van der Waals surface area contributed by atoms with E-state index in [2.05, 4.69) is 14.9 Å². The van der Waals surface area contributed by atoms with Gasteiger partial charge in [0, 0.05) is 31.2 Å². The normalized spacial score (nSPS) is 21.9. The Morgan fingerprint density at radius 2 is 2.00 bits per heavy atom. The zero-order chi connectivity index (χ0) is 17.6. The van der Waals surface area contributed by atoms with Crippen LogP contribution in [0.25, 0.3) is 0 Å². The van der Waals surface area contributed by atoms with Crippen molar-refractivity contribution < 1.29 is 19.2 Å². The maximum Gasteiger partial charge on any atom is 0.320 e. The molecule has 1 N–H and O–H groups in total. The van der Waals surface area contributed by atoms with E-state index in [-0.39, 0.29) is 17.1 Å². The summed E-state index contributed by atoms with van der Waals surface area (Å²) in [5.41, 5.74) is 0. The molecule has 0 spiro atoms. The van der Waals surface area contributed by atoms with Crippen LogP contribution in [-0.4, -0.2) is 90.7 Å². The van der Waals surface area contributed by atoms with E-state index in [1.165, 1.54) is 12.0 Å². The summed E-state index contributed by atoms with van der Waals surface area (Å²) in [5, 5.41) is -0.259. The summed E-state index contributed by atoms with van der Waals surface area (Å²) in [6.45, 7) is 5.07. The van der Waals surface area contributed by atoms with Gasteiger partial charge in [-0.3, -0.25) is 9.59 Å². The molecule has 0 radical (unpaired) electrons. The Balaban J connectivity index is 1.47. The Morgan fingerprint density at radius 3 is 2.68 bits per heavy atom. The van der Waals surface area contributed by atoms with Crippen LogP contribution in [0.1, 0.15) is 0 Å². The first-order valence-electron chi connectivity index (χ1n) is 8.50. The van der Waals surface area contributed by atoms with Gasteiger partial charge in [-0.05, 0) is 6.07 Å². The van der Waals surface area contributed by atoms with Crippen molar-refractivity contribution in [1.82, 2.24) is 14.9 Å². The van der Waals surface area contributed by atoms with E-state index < -0.39 is 0 Å². The Bertz CT molecular complexity index is 595. The summed E-state index contributed by atoms with van der Waals surface area (Å²) in [7, 11) is 1.39. The van der Waals surface area contributed by atoms with Gasteiger partial charge in [-0.1, -0.05) is 0 Å². The molecule has 3 heterocycles. The lowest BCUT2D eigenvalue weighted by atomic mass is 10.3. The van der Waals surface area contributed by atoms with Crippen LogP contribution in [0.2, 0.25) is 0 Å². The molecule has 8 nitrogen and oxygen atoms in total. The van der Waals surface area contributed by atoms with Crippen LogP contribution < -0.4 is 9.80 Å². The molecule has 0 unspecified atom stereocenters. The number of nitrogens with one attached hydrogen (secondary N) is 1. The van der Waals surface area contributed by atoms with E-state index in [9.17, 15) is 9.59 Å². The first-order valence-corrected chi connectivity index (χ1v) is 9.55. The maximum atomic E-state index is 12.6. The summed E-state index contributed by atoms with van der Waals surface area (Å²) < 4.78 is 4.80. The summed E-state index contributed by atoms with van der Waals surface area (Å²) >= 11 is 1.57. The van der Waals surface area contributed by atoms with Gasteiger partial charge in [0.25, 0.3) is 5.91 Å². The number of amides is 1. The molecular formula is C16H24N5O3S+. The molecule has 0 bridgehead atoms. The number of hydrogen-bond donors (Lipinski definition) is 1. The molecule has 0 aliphatic carbocycles. The molecule has 9 heteroatoms. The molecule has 3 rings (SSSR count). The van der Waals surface area contributed by atoms with Gasteiger partial charge in [-0.25, -0.2) is 9.97 Å². The van der Waals surface area contributed by atoms with Crippen LogP contribution in [0.15, 0.2) is 18.5 Å². The number of anilines is 1. The third-order valence-corrected chi connectivity index (χ3v) is 5.75. The van der Waals surface area contributed by atoms with Crippen LogP contribution >= 0.6 is 11.8 Å². The first-order chi connectivity index (χ1) is 12.2. The van der Waals surface area contributed by atoms with Crippen molar-refractivity contribution in [3.63, 3.8) is 0 Å². The van der Waals surface area contributed by atoms with Crippen LogP contribution in [-0.2, 0) is 14.3 Å². The molecule has 25 heavy (non-hydrogen) atoms. The fraction of sp³-hybridized carbons (Fsp3) is 0.625. The summed E-state index contributed by atoms with van der Waals surface area (Å²) in [6.07, 6.45) is 3.49. The zero-order valence-corrected chi connectivity index (χ0v) is 15.2. The van der Waals surface area contributed by atoms with Crippen molar-refractivity contribution in [3.05, 3.63) is 18.5 Å². The third-order valence-electron chi connectivity index (χ3n) is 4.59. The van der Waals surface area contributed by atoms with Crippen molar-refractivity contribution in [1.29, 1.82) is 0 Å². The topological polar surface area (TPSA) is 80.1 Å². The largest absolute Gasteiger partial charge is 0.468 e. The lowest BCUT2D eigenvalue weighted by Gasteiger charge is -2.34. The molecular weight excluding hydrogens is 342 g/mol. The third kappa shape index (κ3) is 4.60. The minimum atomic E-state index is -0.259. The highest BCUT2D eigenvalue weighted by Gasteiger charge is 2.32. The fourth-order valence-corrected chi connectivity index (χ4v) is 4.26. The Hall–Kier alpha value is -1.87. The number of aromatic nitrogens is 2. The van der Waals surface area contributed by atoms with Gasteiger partial charge in [0.1, 0.15) is 5.25 Å². The van der Waals surface area contributed by atoms with Crippen molar-refractivity contribution in [2.24, 2.45) is 0 Å². The number of thioether (sulfide) groups is 1. The van der Waals surface area contributed by atoms with Crippen LogP contribution in [0.4, 0.5) is 5.95 Å². The number of methoxy groups -OCH3 is 1. The van der Waals surface area contributed by atoms with Gasteiger partial charge >= 0.3 is 5.97 Å². The monoisotopic (exact) mass is 366 g/mol. The number of rotatable bonds is 4. The van der Waals surface area contributed by atoms with Crippen molar-refractivity contribution in [3.8, 4) is 0 Å². The minimum Gasteiger partial charge on any atom is -0.468 e. The van der Waals surface area contributed by atoms with Gasteiger partial charge in [0.05, 0.1) is 33.3 Å². The number of quaternary nitrogens is 1. The van der Waals surface area contributed by atoms with E-state index in [1.54, 1.807) is 29.1 Å². The average Bonchev–Trinajstić information content (AvgIpc) is 2.68. The fourth-order valence-electron chi connectivity index (χ4n) is 3.13. The number of esters is 1. The van der Waals surface area contributed by atoms with E-state index >= 15 is 0 Å². The predicted octanol–water partition coefficient (Wildman–Crippen LogP) is -1.70. The van der Waals surface area contributed by atoms with Crippen LogP contribution in [0.3, 0.4) is 0 Å². The van der Waals surface area contributed by atoms with Crippen LogP contribution in [0.5, 0.6) is 0 Å². The number of hydrogen-bond acceptors (Lipinski definition) is 7. The smallest absolute Gasteiger partial charge is 0.320 e. The molecule has 0 aromatic carbocycles. The number of nitrogens with zero attached hydrogens (tertiary/aromatic N) is 4. The molecule has 1 amide bonds. The Kier molecular flexibility index (Phi) is 6.09. The molecule has 1 aromatic rings. The zero-order valence-electron chi connectivity index (χ0n) is 14.4. The predicted molar refractivity (Wildman–Crippen MR) is 94.7 cm³/mol. The van der Waals surface area contributed by atoms with Gasteiger partial charge in [0.15, 0.2) is 6.54 Å². The molecule has 136 valence electrons. The quantitative estimate of drug-likeness (QED) is 0.636. The highest BCUT2D eigenvalue weighted by Crippen LogP contribution is 2.19. The summed E-state index contributed by atoms with van der Waals surface area (Å²) in [4.78, 5) is 38.1. The number of carbonyl (C=O) groups excluding carboxylic acids is 2.